The van der Waals surface area contributed by atoms with Gasteiger partial charge in [-0.15, -0.1) is 0 Å². The van der Waals surface area contributed by atoms with Crippen molar-refractivity contribution >= 4 is 40.3 Å². The minimum absolute atomic E-state index is 0.145. The van der Waals surface area contributed by atoms with Crippen molar-refractivity contribution in [1.29, 1.82) is 0 Å². The number of aromatic amines is 1. The van der Waals surface area contributed by atoms with Crippen LogP contribution in [0, 0.1) is 0 Å². The topological polar surface area (TPSA) is 81.8 Å². The SMILES string of the molecule is CC(C)(C)NC(=S)Nc1cc(-c2[nH]c3c(c2Nc2ccccc2)C(=O)CCC3)ccn1. The summed E-state index contributed by atoms with van der Waals surface area (Å²) in [6, 6.07) is 13.8. The molecule has 4 N–H and O–H groups in total. The summed E-state index contributed by atoms with van der Waals surface area (Å²) in [5, 5.41) is 10.4. The third-order valence-electron chi connectivity index (χ3n) is 5.01. The largest absolute Gasteiger partial charge is 0.358 e. The molecule has 3 aromatic rings. The van der Waals surface area contributed by atoms with Crippen molar-refractivity contribution in [1.82, 2.24) is 15.3 Å². The van der Waals surface area contributed by atoms with Crippen LogP contribution >= 0.6 is 12.2 Å². The first kappa shape index (κ1) is 21.1. The summed E-state index contributed by atoms with van der Waals surface area (Å²) in [7, 11) is 0. The lowest BCUT2D eigenvalue weighted by atomic mass is 9.95. The van der Waals surface area contributed by atoms with Gasteiger partial charge in [0.15, 0.2) is 10.9 Å². The Morgan fingerprint density at radius 2 is 1.90 bits per heavy atom. The van der Waals surface area contributed by atoms with Crippen molar-refractivity contribution in [3.63, 3.8) is 0 Å². The summed E-state index contributed by atoms with van der Waals surface area (Å²) in [4.78, 5) is 20.7. The Bertz CT molecular complexity index is 1110. The van der Waals surface area contributed by atoms with Gasteiger partial charge in [-0.1, -0.05) is 18.2 Å². The molecule has 1 aliphatic rings. The van der Waals surface area contributed by atoms with E-state index in [0.29, 0.717) is 17.4 Å². The van der Waals surface area contributed by atoms with Gasteiger partial charge in [0.05, 0.1) is 16.9 Å². The molecule has 2 heterocycles. The van der Waals surface area contributed by atoms with Gasteiger partial charge in [-0.25, -0.2) is 4.98 Å². The molecule has 0 bridgehead atoms. The maximum absolute atomic E-state index is 12.8. The quantitative estimate of drug-likeness (QED) is 0.411. The summed E-state index contributed by atoms with van der Waals surface area (Å²) in [5.74, 6) is 0.814. The van der Waals surface area contributed by atoms with Crippen LogP contribution in [-0.2, 0) is 6.42 Å². The molecule has 7 heteroatoms. The molecule has 0 aliphatic heterocycles. The van der Waals surface area contributed by atoms with E-state index in [1.54, 1.807) is 6.20 Å². The van der Waals surface area contributed by atoms with Gasteiger partial charge in [0.25, 0.3) is 0 Å². The molecule has 160 valence electrons. The molecule has 0 spiro atoms. The monoisotopic (exact) mass is 433 g/mol. The van der Waals surface area contributed by atoms with Crippen molar-refractivity contribution in [2.24, 2.45) is 0 Å². The lowest BCUT2D eigenvalue weighted by molar-refractivity contribution is 0.0973. The zero-order chi connectivity index (χ0) is 22.0. The molecule has 2 aromatic heterocycles. The summed E-state index contributed by atoms with van der Waals surface area (Å²) in [5.41, 5.74) is 5.17. The fourth-order valence-electron chi connectivity index (χ4n) is 3.75. The molecular formula is C24H27N5OS. The highest BCUT2D eigenvalue weighted by Crippen LogP contribution is 2.39. The highest BCUT2D eigenvalue weighted by Gasteiger charge is 2.27. The molecule has 6 nitrogen and oxygen atoms in total. The second-order valence-electron chi connectivity index (χ2n) is 8.76. The number of anilines is 3. The van der Waals surface area contributed by atoms with Crippen LogP contribution in [-0.4, -0.2) is 26.4 Å². The molecule has 0 radical (unpaired) electrons. The number of H-pyrrole nitrogens is 1. The number of benzene rings is 1. The number of thiocarbonyl (C=S) groups is 1. The van der Waals surface area contributed by atoms with E-state index in [-0.39, 0.29) is 11.3 Å². The first-order valence-electron chi connectivity index (χ1n) is 10.5. The number of hydrogen-bond donors (Lipinski definition) is 4. The van der Waals surface area contributed by atoms with Gasteiger partial charge in [-0.05, 0) is 70.1 Å². The highest BCUT2D eigenvalue weighted by molar-refractivity contribution is 7.80. The van der Waals surface area contributed by atoms with Gasteiger partial charge in [-0.3, -0.25) is 4.79 Å². The smallest absolute Gasteiger partial charge is 0.172 e. The Morgan fingerprint density at radius 3 is 2.65 bits per heavy atom. The number of aryl methyl sites for hydroxylation is 1. The number of pyridine rings is 1. The maximum Gasteiger partial charge on any atom is 0.172 e. The number of carbonyl (C=O) groups excluding carboxylic acids is 1. The lowest BCUT2D eigenvalue weighted by Gasteiger charge is -2.22. The molecule has 0 saturated heterocycles. The number of hydrogen-bond acceptors (Lipinski definition) is 4. The Morgan fingerprint density at radius 1 is 1.13 bits per heavy atom. The number of fused-ring (bicyclic) bond motifs is 1. The number of Topliss-reactive ketones (excluding diaryl/α,β-unsaturated/α-hetero) is 1. The molecule has 0 fully saturated rings. The van der Waals surface area contributed by atoms with Gasteiger partial charge in [0, 0.05) is 35.1 Å². The number of aromatic nitrogens is 2. The van der Waals surface area contributed by atoms with Crippen molar-refractivity contribution < 1.29 is 4.79 Å². The number of para-hydroxylation sites is 1. The minimum atomic E-state index is -0.145. The third-order valence-corrected chi connectivity index (χ3v) is 5.21. The summed E-state index contributed by atoms with van der Waals surface area (Å²) >= 11 is 5.42. The average molecular weight is 434 g/mol. The second-order valence-corrected chi connectivity index (χ2v) is 9.16. The molecule has 0 amide bonds. The Kier molecular flexibility index (Phi) is 5.78. The molecular weight excluding hydrogens is 406 g/mol. The van der Waals surface area contributed by atoms with Crippen LogP contribution < -0.4 is 16.0 Å². The number of carbonyl (C=O) groups is 1. The van der Waals surface area contributed by atoms with E-state index in [1.807, 2.05) is 63.2 Å². The van der Waals surface area contributed by atoms with E-state index in [9.17, 15) is 4.79 Å². The highest BCUT2D eigenvalue weighted by atomic mass is 32.1. The Balaban J connectivity index is 1.71. The van der Waals surface area contributed by atoms with E-state index >= 15 is 0 Å². The van der Waals surface area contributed by atoms with Crippen LogP contribution in [0.2, 0.25) is 0 Å². The van der Waals surface area contributed by atoms with Crippen LogP contribution in [0.3, 0.4) is 0 Å². The fourth-order valence-corrected chi connectivity index (χ4v) is 4.16. The molecule has 0 saturated carbocycles. The van der Waals surface area contributed by atoms with Crippen molar-refractivity contribution in [2.75, 3.05) is 10.6 Å². The molecule has 4 rings (SSSR count). The van der Waals surface area contributed by atoms with E-state index < -0.39 is 0 Å². The number of ketones is 1. The van der Waals surface area contributed by atoms with Gasteiger partial charge in [-0.2, -0.15) is 0 Å². The van der Waals surface area contributed by atoms with Gasteiger partial charge in [0.2, 0.25) is 0 Å². The number of nitrogens with one attached hydrogen (secondary N) is 4. The van der Waals surface area contributed by atoms with Crippen molar-refractivity contribution in [3.05, 3.63) is 59.9 Å². The predicted molar refractivity (Wildman–Crippen MR) is 130 cm³/mol. The maximum atomic E-state index is 12.8. The van der Waals surface area contributed by atoms with Gasteiger partial charge >= 0.3 is 0 Å². The third kappa shape index (κ3) is 4.94. The Hall–Kier alpha value is -3.19. The van der Waals surface area contributed by atoms with Crippen LogP contribution in [0.5, 0.6) is 0 Å². The number of rotatable bonds is 4. The van der Waals surface area contributed by atoms with Crippen LogP contribution in [0.25, 0.3) is 11.3 Å². The molecule has 31 heavy (non-hydrogen) atoms. The van der Waals surface area contributed by atoms with E-state index in [4.69, 9.17) is 12.2 Å². The van der Waals surface area contributed by atoms with Gasteiger partial charge in [0.1, 0.15) is 5.82 Å². The zero-order valence-electron chi connectivity index (χ0n) is 18.0. The van der Waals surface area contributed by atoms with Gasteiger partial charge < -0.3 is 20.9 Å². The summed E-state index contributed by atoms with van der Waals surface area (Å²) in [6.07, 6.45) is 4.04. The lowest BCUT2D eigenvalue weighted by Crippen LogP contribution is -2.43. The Labute approximate surface area is 187 Å². The van der Waals surface area contributed by atoms with Crippen LogP contribution in [0.1, 0.15) is 49.7 Å². The van der Waals surface area contributed by atoms with E-state index in [1.165, 1.54) is 0 Å². The summed E-state index contributed by atoms with van der Waals surface area (Å²) in [6.45, 7) is 6.15. The van der Waals surface area contributed by atoms with E-state index in [0.717, 1.165) is 46.7 Å². The predicted octanol–water partition coefficient (Wildman–Crippen LogP) is 5.42. The van der Waals surface area contributed by atoms with Crippen LogP contribution in [0.4, 0.5) is 17.2 Å². The van der Waals surface area contributed by atoms with Crippen molar-refractivity contribution in [2.45, 2.75) is 45.6 Å². The van der Waals surface area contributed by atoms with E-state index in [2.05, 4.69) is 25.9 Å². The van der Waals surface area contributed by atoms with Crippen LogP contribution in [0.15, 0.2) is 48.7 Å². The average Bonchev–Trinajstić information content (AvgIpc) is 3.07. The minimum Gasteiger partial charge on any atom is -0.358 e. The standard InChI is InChI=1S/C24H27N5OS/c1-24(2,3)29-23(31)28-19-14-15(12-13-25-19)21-22(26-16-8-5-4-6-9-16)20-17(27-21)10-7-11-18(20)30/h4-6,8-9,12-14,26-27H,7,10-11H2,1-3H3,(H2,25,28,29,31). The summed E-state index contributed by atoms with van der Waals surface area (Å²) < 4.78 is 0. The second kappa shape index (κ2) is 8.51. The first-order chi connectivity index (χ1) is 14.8. The molecule has 1 aliphatic carbocycles. The number of nitrogens with zero attached hydrogens (tertiary/aromatic N) is 1. The molecule has 0 atom stereocenters. The molecule has 1 aromatic carbocycles. The molecule has 0 unspecified atom stereocenters. The fraction of sp³-hybridized carbons (Fsp3) is 0.292. The zero-order valence-corrected chi connectivity index (χ0v) is 18.8. The first-order valence-corrected chi connectivity index (χ1v) is 10.9. The van der Waals surface area contributed by atoms with Crippen molar-refractivity contribution in [3.8, 4) is 11.3 Å². The normalized spacial score (nSPS) is 13.5.